The molecule has 1 unspecified atom stereocenters. The molecule has 108 valence electrons. The van der Waals surface area contributed by atoms with Crippen LogP contribution in [-0.2, 0) is 6.42 Å². The predicted molar refractivity (Wildman–Crippen MR) is 93.0 cm³/mol. The molecule has 0 aromatic heterocycles. The first-order valence-corrected chi connectivity index (χ1v) is 9.36. The van der Waals surface area contributed by atoms with Crippen molar-refractivity contribution >= 4 is 7.92 Å². The van der Waals surface area contributed by atoms with Gasteiger partial charge in [-0.3, -0.25) is 0 Å². The van der Waals surface area contributed by atoms with Gasteiger partial charge < -0.3 is 0 Å². The van der Waals surface area contributed by atoms with E-state index in [9.17, 15) is 0 Å². The third-order valence-electron chi connectivity index (χ3n) is 4.37. The van der Waals surface area contributed by atoms with Crippen molar-refractivity contribution < 1.29 is 0 Å². The number of benzene rings is 1. The Balaban J connectivity index is 2.18. The van der Waals surface area contributed by atoms with Crippen molar-refractivity contribution in [3.8, 4) is 0 Å². The summed E-state index contributed by atoms with van der Waals surface area (Å²) in [6.45, 7) is 9.64. The molecule has 1 heteroatoms. The first-order valence-electron chi connectivity index (χ1n) is 7.57. The number of rotatable bonds is 4. The molecule has 0 radical (unpaired) electrons. The molecule has 0 aliphatic heterocycles. The van der Waals surface area contributed by atoms with Crippen LogP contribution in [0.1, 0.15) is 39.2 Å². The van der Waals surface area contributed by atoms with Crippen LogP contribution in [0.3, 0.4) is 0 Å². The summed E-state index contributed by atoms with van der Waals surface area (Å²) in [7, 11) is -0.0939. The van der Waals surface area contributed by atoms with E-state index in [0.29, 0.717) is 5.16 Å². The topological polar surface area (TPSA) is 0 Å². The number of aryl methyl sites for hydroxylation is 1. The maximum Gasteiger partial charge on any atom is 0.0268 e. The van der Waals surface area contributed by atoms with Crippen molar-refractivity contribution in [3.63, 3.8) is 0 Å². The van der Waals surface area contributed by atoms with Gasteiger partial charge in [-0.2, -0.15) is 0 Å². The van der Waals surface area contributed by atoms with E-state index < -0.39 is 0 Å². The summed E-state index contributed by atoms with van der Waals surface area (Å²) in [5.74, 6) is 0. The highest BCUT2D eigenvalue weighted by atomic mass is 31.1. The molecule has 1 atom stereocenters. The van der Waals surface area contributed by atoms with Gasteiger partial charge in [-0.1, -0.05) is 83.3 Å². The average Bonchev–Trinajstić information content (AvgIpc) is 2.45. The number of hydrogen-bond acceptors (Lipinski definition) is 0. The molecule has 0 fully saturated rings. The maximum absolute atomic E-state index is 2.49. The Bertz CT molecular complexity index is 464. The van der Waals surface area contributed by atoms with Crippen LogP contribution >= 0.6 is 7.92 Å². The van der Waals surface area contributed by atoms with Crippen LogP contribution in [0.15, 0.2) is 54.6 Å². The van der Waals surface area contributed by atoms with E-state index in [1.807, 2.05) is 0 Å². The van der Waals surface area contributed by atoms with Gasteiger partial charge in [0, 0.05) is 5.16 Å². The predicted octanol–water partition coefficient (Wildman–Crippen LogP) is 5.78. The summed E-state index contributed by atoms with van der Waals surface area (Å²) in [5, 5.41) is 0.666. The molecule has 0 amide bonds. The second-order valence-corrected chi connectivity index (χ2v) is 10.0. The normalized spacial score (nSPS) is 19.0. The summed E-state index contributed by atoms with van der Waals surface area (Å²) < 4.78 is 0. The molecule has 20 heavy (non-hydrogen) atoms. The Hall–Kier alpha value is -0.870. The van der Waals surface area contributed by atoms with E-state index in [0.717, 1.165) is 12.8 Å². The van der Waals surface area contributed by atoms with E-state index in [4.69, 9.17) is 0 Å². The fraction of sp³-hybridized carbons (Fsp3) is 0.474. The molecule has 1 aromatic rings. The summed E-state index contributed by atoms with van der Waals surface area (Å²) in [4.78, 5) is 0. The van der Waals surface area contributed by atoms with Gasteiger partial charge in [-0.15, -0.1) is 0 Å². The molecular weight excluding hydrogens is 259 g/mol. The van der Waals surface area contributed by atoms with Gasteiger partial charge in [0.25, 0.3) is 0 Å². The second kappa shape index (κ2) is 6.27. The van der Waals surface area contributed by atoms with Crippen molar-refractivity contribution in [2.45, 2.75) is 50.3 Å². The Labute approximate surface area is 125 Å². The number of allylic oxidation sites excluding steroid dienone is 4. The molecule has 0 heterocycles. The van der Waals surface area contributed by atoms with Crippen LogP contribution in [0.2, 0.25) is 0 Å². The highest BCUT2D eigenvalue weighted by Gasteiger charge is 2.37. The number of hydrogen-bond donors (Lipinski definition) is 0. The van der Waals surface area contributed by atoms with Crippen LogP contribution in [0.5, 0.6) is 0 Å². The summed E-state index contributed by atoms with van der Waals surface area (Å²) in [6, 6.07) is 10.9. The molecule has 2 rings (SSSR count). The van der Waals surface area contributed by atoms with Gasteiger partial charge in [0.05, 0.1) is 0 Å². The van der Waals surface area contributed by atoms with Gasteiger partial charge in [0.2, 0.25) is 0 Å². The molecule has 0 N–H and O–H groups in total. The molecule has 0 saturated carbocycles. The Morgan fingerprint density at radius 1 is 1.05 bits per heavy atom. The van der Waals surface area contributed by atoms with E-state index in [2.05, 4.69) is 82.1 Å². The fourth-order valence-electron chi connectivity index (χ4n) is 2.85. The standard InChI is InChI=1S/C19H27P/c1-18(2,3)20(4)19(14-9-6-10-15-19)16-13-17-11-7-5-8-12-17/h5,7-12,14-15H,6,13,16H2,1-4H3. The third kappa shape index (κ3) is 3.61. The van der Waals surface area contributed by atoms with Crippen LogP contribution in [0, 0.1) is 0 Å². The van der Waals surface area contributed by atoms with E-state index in [1.54, 1.807) is 0 Å². The maximum atomic E-state index is 2.49. The lowest BCUT2D eigenvalue weighted by molar-refractivity contribution is 0.692. The molecule has 0 bridgehead atoms. The quantitative estimate of drug-likeness (QED) is 0.486. The summed E-state index contributed by atoms with van der Waals surface area (Å²) in [5.41, 5.74) is 1.46. The monoisotopic (exact) mass is 286 g/mol. The minimum atomic E-state index is -0.0939. The van der Waals surface area contributed by atoms with Crippen molar-refractivity contribution in [1.29, 1.82) is 0 Å². The van der Waals surface area contributed by atoms with E-state index in [1.165, 1.54) is 12.0 Å². The lowest BCUT2D eigenvalue weighted by Crippen LogP contribution is -2.31. The zero-order valence-electron chi connectivity index (χ0n) is 13.3. The molecule has 1 aliphatic rings. The Morgan fingerprint density at radius 3 is 2.20 bits per heavy atom. The van der Waals surface area contributed by atoms with Crippen LogP contribution in [-0.4, -0.2) is 17.0 Å². The van der Waals surface area contributed by atoms with E-state index >= 15 is 0 Å². The lowest BCUT2D eigenvalue weighted by Gasteiger charge is -2.43. The zero-order chi connectivity index (χ0) is 14.6. The van der Waals surface area contributed by atoms with Crippen molar-refractivity contribution in [3.05, 3.63) is 60.2 Å². The SMILES string of the molecule is CP(C(C)(C)C)C1(CCc2ccccc2)C=CCC=C1. The van der Waals surface area contributed by atoms with Gasteiger partial charge in [0.1, 0.15) is 0 Å². The van der Waals surface area contributed by atoms with Gasteiger partial charge in [-0.05, 0) is 36.6 Å². The van der Waals surface area contributed by atoms with Crippen molar-refractivity contribution in [2.24, 2.45) is 0 Å². The lowest BCUT2D eigenvalue weighted by atomic mass is 9.94. The van der Waals surface area contributed by atoms with Crippen molar-refractivity contribution in [1.82, 2.24) is 0 Å². The van der Waals surface area contributed by atoms with Gasteiger partial charge in [0.15, 0.2) is 0 Å². The first kappa shape index (κ1) is 15.5. The first-order chi connectivity index (χ1) is 9.44. The second-order valence-electron chi connectivity index (χ2n) is 6.75. The average molecular weight is 286 g/mol. The summed E-state index contributed by atoms with van der Waals surface area (Å²) >= 11 is 0. The molecule has 0 nitrogen and oxygen atoms in total. The third-order valence-corrected chi connectivity index (χ3v) is 8.16. The van der Waals surface area contributed by atoms with Crippen LogP contribution in [0.4, 0.5) is 0 Å². The fourth-order valence-corrected chi connectivity index (χ4v) is 5.20. The molecule has 1 aromatic carbocycles. The largest absolute Gasteiger partial charge is 0.0900 e. The smallest absolute Gasteiger partial charge is 0.0268 e. The zero-order valence-corrected chi connectivity index (χ0v) is 14.2. The highest BCUT2D eigenvalue weighted by Crippen LogP contribution is 2.60. The minimum absolute atomic E-state index is 0.0939. The molecular formula is C19H27P. The van der Waals surface area contributed by atoms with Crippen LogP contribution in [0.25, 0.3) is 0 Å². The highest BCUT2D eigenvalue weighted by molar-refractivity contribution is 7.60. The van der Waals surface area contributed by atoms with Gasteiger partial charge >= 0.3 is 0 Å². The Morgan fingerprint density at radius 2 is 1.65 bits per heavy atom. The minimum Gasteiger partial charge on any atom is -0.0900 e. The van der Waals surface area contributed by atoms with Crippen LogP contribution < -0.4 is 0 Å². The molecule has 1 aliphatic carbocycles. The molecule has 0 spiro atoms. The molecule has 0 saturated heterocycles. The van der Waals surface area contributed by atoms with Crippen molar-refractivity contribution in [2.75, 3.05) is 6.66 Å². The van der Waals surface area contributed by atoms with Gasteiger partial charge in [-0.25, -0.2) is 0 Å². The summed E-state index contributed by atoms with van der Waals surface area (Å²) in [6.07, 6.45) is 13.2. The Kier molecular flexibility index (Phi) is 4.86. The van der Waals surface area contributed by atoms with E-state index in [-0.39, 0.29) is 13.1 Å².